The Hall–Kier alpha value is -0.790. The fourth-order valence-electron chi connectivity index (χ4n) is 0.975. The van der Waals surface area contributed by atoms with Gasteiger partial charge in [-0.1, -0.05) is 31.9 Å². The molecular formula is C10H18O2. The molecule has 0 saturated heterocycles. The van der Waals surface area contributed by atoms with Crippen LogP contribution in [-0.2, 0) is 4.79 Å². The smallest absolute Gasteiger partial charge is 0.306 e. The average Bonchev–Trinajstić information content (AvgIpc) is 2.00. The second-order valence-electron chi connectivity index (χ2n) is 3.28. The first kappa shape index (κ1) is 11.2. The molecule has 12 heavy (non-hydrogen) atoms. The number of rotatable bonds is 5. The van der Waals surface area contributed by atoms with Crippen LogP contribution in [0.5, 0.6) is 0 Å². The highest BCUT2D eigenvalue weighted by molar-refractivity contribution is 5.69. The normalized spacial score (nSPS) is 14.4. The fraction of sp³-hybridized carbons (Fsp3) is 0.700. The molecule has 1 unspecified atom stereocenters. The SMILES string of the molecule is CCC/C(C)=C/CC(C)C(=O)O. The van der Waals surface area contributed by atoms with E-state index in [1.807, 2.05) is 6.08 Å². The van der Waals surface area contributed by atoms with Gasteiger partial charge in [0.25, 0.3) is 0 Å². The molecule has 0 saturated carbocycles. The Bertz CT molecular complexity index is 171. The van der Waals surface area contributed by atoms with E-state index < -0.39 is 5.97 Å². The van der Waals surface area contributed by atoms with Crippen molar-refractivity contribution in [1.82, 2.24) is 0 Å². The van der Waals surface area contributed by atoms with Crippen molar-refractivity contribution >= 4 is 5.97 Å². The lowest BCUT2D eigenvalue weighted by Crippen LogP contribution is -2.07. The monoisotopic (exact) mass is 170 g/mol. The van der Waals surface area contributed by atoms with Gasteiger partial charge in [0.15, 0.2) is 0 Å². The van der Waals surface area contributed by atoms with E-state index in [0.717, 1.165) is 12.8 Å². The molecule has 0 aliphatic heterocycles. The van der Waals surface area contributed by atoms with Crippen molar-refractivity contribution in [2.24, 2.45) is 5.92 Å². The molecule has 0 aliphatic carbocycles. The molecule has 70 valence electrons. The number of allylic oxidation sites excluding steroid dienone is 2. The minimum Gasteiger partial charge on any atom is -0.481 e. The Morgan fingerprint density at radius 1 is 1.58 bits per heavy atom. The lowest BCUT2D eigenvalue weighted by atomic mass is 10.0. The second-order valence-corrected chi connectivity index (χ2v) is 3.28. The van der Waals surface area contributed by atoms with Crippen molar-refractivity contribution in [3.63, 3.8) is 0 Å². The summed E-state index contributed by atoms with van der Waals surface area (Å²) in [6.07, 6.45) is 4.89. The molecule has 0 aliphatic rings. The molecule has 0 rings (SSSR count). The first-order chi connectivity index (χ1) is 5.57. The van der Waals surface area contributed by atoms with Crippen molar-refractivity contribution in [3.05, 3.63) is 11.6 Å². The molecule has 1 atom stereocenters. The number of hydrogen-bond donors (Lipinski definition) is 1. The quantitative estimate of drug-likeness (QED) is 0.644. The Morgan fingerprint density at radius 2 is 2.17 bits per heavy atom. The third kappa shape index (κ3) is 4.94. The van der Waals surface area contributed by atoms with Gasteiger partial charge >= 0.3 is 5.97 Å². The van der Waals surface area contributed by atoms with Crippen molar-refractivity contribution in [2.75, 3.05) is 0 Å². The van der Waals surface area contributed by atoms with E-state index in [4.69, 9.17) is 5.11 Å². The van der Waals surface area contributed by atoms with Crippen LogP contribution in [0.3, 0.4) is 0 Å². The van der Waals surface area contributed by atoms with Crippen molar-refractivity contribution in [2.45, 2.75) is 40.0 Å². The minimum absolute atomic E-state index is 0.253. The highest BCUT2D eigenvalue weighted by atomic mass is 16.4. The maximum Gasteiger partial charge on any atom is 0.306 e. The fourth-order valence-corrected chi connectivity index (χ4v) is 0.975. The van der Waals surface area contributed by atoms with Gasteiger partial charge in [0, 0.05) is 0 Å². The summed E-state index contributed by atoms with van der Waals surface area (Å²) in [5.74, 6) is -0.965. The predicted molar refractivity (Wildman–Crippen MR) is 50.1 cm³/mol. The molecular weight excluding hydrogens is 152 g/mol. The highest BCUT2D eigenvalue weighted by Gasteiger charge is 2.07. The van der Waals surface area contributed by atoms with E-state index in [2.05, 4.69) is 13.8 Å². The van der Waals surface area contributed by atoms with Gasteiger partial charge in [0.1, 0.15) is 0 Å². The topological polar surface area (TPSA) is 37.3 Å². The molecule has 2 nitrogen and oxygen atoms in total. The van der Waals surface area contributed by atoms with E-state index in [0.29, 0.717) is 6.42 Å². The molecule has 2 heteroatoms. The zero-order valence-corrected chi connectivity index (χ0v) is 8.13. The summed E-state index contributed by atoms with van der Waals surface area (Å²) >= 11 is 0. The maximum atomic E-state index is 10.4. The van der Waals surface area contributed by atoms with Gasteiger partial charge in [-0.25, -0.2) is 0 Å². The second kappa shape index (κ2) is 5.81. The maximum absolute atomic E-state index is 10.4. The molecule has 0 radical (unpaired) electrons. The van der Waals surface area contributed by atoms with Gasteiger partial charge in [0.2, 0.25) is 0 Å². The molecule has 0 amide bonds. The number of hydrogen-bond acceptors (Lipinski definition) is 1. The molecule has 0 fully saturated rings. The van der Waals surface area contributed by atoms with E-state index in [9.17, 15) is 4.79 Å². The molecule has 0 aromatic carbocycles. The zero-order chi connectivity index (χ0) is 9.56. The molecule has 1 N–H and O–H groups in total. The third-order valence-corrected chi connectivity index (χ3v) is 1.89. The number of carboxylic acids is 1. The van der Waals surface area contributed by atoms with Crippen LogP contribution >= 0.6 is 0 Å². The van der Waals surface area contributed by atoms with Crippen LogP contribution in [0.25, 0.3) is 0 Å². The van der Waals surface area contributed by atoms with E-state index in [-0.39, 0.29) is 5.92 Å². The molecule has 0 aromatic heterocycles. The number of carbonyl (C=O) groups is 1. The van der Waals surface area contributed by atoms with Crippen molar-refractivity contribution in [1.29, 1.82) is 0 Å². The highest BCUT2D eigenvalue weighted by Crippen LogP contribution is 2.09. The van der Waals surface area contributed by atoms with E-state index >= 15 is 0 Å². The third-order valence-electron chi connectivity index (χ3n) is 1.89. The number of aliphatic carboxylic acids is 1. The average molecular weight is 170 g/mol. The largest absolute Gasteiger partial charge is 0.481 e. The Labute approximate surface area is 74.3 Å². The predicted octanol–water partition coefficient (Wildman–Crippen LogP) is 2.84. The number of carboxylic acid groups (broad SMARTS) is 1. The van der Waals surface area contributed by atoms with E-state index in [1.54, 1.807) is 6.92 Å². The lowest BCUT2D eigenvalue weighted by Gasteiger charge is -2.02. The van der Waals surface area contributed by atoms with Crippen LogP contribution in [-0.4, -0.2) is 11.1 Å². The summed E-state index contributed by atoms with van der Waals surface area (Å²) in [4.78, 5) is 10.4. The van der Waals surface area contributed by atoms with Gasteiger partial charge in [-0.05, 0) is 19.8 Å². The molecule has 0 aromatic rings. The van der Waals surface area contributed by atoms with Crippen LogP contribution in [0.4, 0.5) is 0 Å². The van der Waals surface area contributed by atoms with Crippen molar-refractivity contribution in [3.8, 4) is 0 Å². The molecule has 0 heterocycles. The summed E-state index contributed by atoms with van der Waals surface area (Å²) in [5, 5.41) is 8.60. The first-order valence-electron chi connectivity index (χ1n) is 4.46. The van der Waals surface area contributed by atoms with Crippen LogP contribution in [0.2, 0.25) is 0 Å². The van der Waals surface area contributed by atoms with Gasteiger partial charge in [0.05, 0.1) is 5.92 Å². The first-order valence-corrected chi connectivity index (χ1v) is 4.46. The lowest BCUT2D eigenvalue weighted by molar-refractivity contribution is -0.140. The standard InChI is InChI=1S/C10H18O2/c1-4-5-8(2)6-7-9(3)10(11)12/h6,9H,4-5,7H2,1-3H3,(H,11,12)/b8-6+. The zero-order valence-electron chi connectivity index (χ0n) is 8.13. The minimum atomic E-state index is -0.712. The molecule has 0 bridgehead atoms. The van der Waals surface area contributed by atoms with Gasteiger partial charge < -0.3 is 5.11 Å². The van der Waals surface area contributed by atoms with Crippen LogP contribution in [0.1, 0.15) is 40.0 Å². The van der Waals surface area contributed by atoms with Gasteiger partial charge in [-0.15, -0.1) is 0 Å². The van der Waals surface area contributed by atoms with Gasteiger partial charge in [-0.3, -0.25) is 4.79 Å². The van der Waals surface area contributed by atoms with Crippen LogP contribution in [0.15, 0.2) is 11.6 Å². The summed E-state index contributed by atoms with van der Waals surface area (Å²) in [7, 11) is 0. The Balaban J connectivity index is 3.78. The summed E-state index contributed by atoms with van der Waals surface area (Å²) in [5.41, 5.74) is 1.30. The summed E-state index contributed by atoms with van der Waals surface area (Å²) in [6, 6.07) is 0. The summed E-state index contributed by atoms with van der Waals surface area (Å²) in [6.45, 7) is 5.91. The Kier molecular flexibility index (Phi) is 5.43. The van der Waals surface area contributed by atoms with Crippen LogP contribution < -0.4 is 0 Å². The summed E-state index contributed by atoms with van der Waals surface area (Å²) < 4.78 is 0. The van der Waals surface area contributed by atoms with E-state index in [1.165, 1.54) is 5.57 Å². The Morgan fingerprint density at radius 3 is 2.58 bits per heavy atom. The van der Waals surface area contributed by atoms with Gasteiger partial charge in [-0.2, -0.15) is 0 Å². The van der Waals surface area contributed by atoms with Crippen molar-refractivity contribution < 1.29 is 9.90 Å². The molecule has 0 spiro atoms. The van der Waals surface area contributed by atoms with Crippen LogP contribution in [0, 0.1) is 5.92 Å².